The number of allylic oxidation sites excluding steroid dienone is 1. The standard InChI is InChI=1S/C23H32N4O2S2/c1-5-8-27-21(19-14-16-13-17(23(2,3)4)6-7-18(16)31-19)24-25-22(27)30-15-20(28)26-9-11-29-12-10-26/h5,14,17H,1,6-13,15H2,2-4H3. The zero-order chi connectivity index (χ0) is 22.0. The quantitative estimate of drug-likeness (QED) is 0.475. The summed E-state index contributed by atoms with van der Waals surface area (Å²) in [4.78, 5) is 17.1. The number of fused-ring (bicyclic) bond motifs is 1. The van der Waals surface area contributed by atoms with E-state index in [4.69, 9.17) is 4.74 Å². The van der Waals surface area contributed by atoms with Crippen molar-refractivity contribution in [3.8, 4) is 10.7 Å². The minimum absolute atomic E-state index is 0.128. The summed E-state index contributed by atoms with van der Waals surface area (Å²) >= 11 is 3.30. The lowest BCUT2D eigenvalue weighted by atomic mass is 9.72. The van der Waals surface area contributed by atoms with Crippen LogP contribution in [0.5, 0.6) is 0 Å². The number of carbonyl (C=O) groups excluding carboxylic acids is 1. The topological polar surface area (TPSA) is 60.2 Å². The predicted octanol–water partition coefficient (Wildman–Crippen LogP) is 4.29. The van der Waals surface area contributed by atoms with E-state index in [-0.39, 0.29) is 5.91 Å². The van der Waals surface area contributed by atoms with Gasteiger partial charge in [0.2, 0.25) is 5.91 Å². The number of thiophene rings is 1. The Labute approximate surface area is 193 Å². The van der Waals surface area contributed by atoms with Crippen molar-refractivity contribution in [1.29, 1.82) is 0 Å². The molecule has 0 saturated carbocycles. The number of hydrogen-bond acceptors (Lipinski definition) is 6. The van der Waals surface area contributed by atoms with Crippen molar-refractivity contribution in [3.05, 3.63) is 29.2 Å². The Balaban J connectivity index is 1.51. The normalized spacial score (nSPS) is 19.3. The second-order valence-corrected chi connectivity index (χ2v) is 11.4. The summed E-state index contributed by atoms with van der Waals surface area (Å²) in [5.74, 6) is 2.09. The molecule has 0 bridgehead atoms. The summed E-state index contributed by atoms with van der Waals surface area (Å²) < 4.78 is 7.42. The van der Waals surface area contributed by atoms with Crippen LogP contribution in [0.2, 0.25) is 0 Å². The highest BCUT2D eigenvalue weighted by Gasteiger charge is 2.30. The summed E-state index contributed by atoms with van der Waals surface area (Å²) in [5.41, 5.74) is 1.80. The third-order valence-corrected chi connectivity index (χ3v) is 8.43. The second-order valence-electron chi connectivity index (χ2n) is 9.35. The molecule has 0 aromatic carbocycles. The van der Waals surface area contributed by atoms with Gasteiger partial charge in [-0.1, -0.05) is 38.6 Å². The summed E-state index contributed by atoms with van der Waals surface area (Å²) in [6.07, 6.45) is 5.40. The van der Waals surface area contributed by atoms with Crippen LogP contribution in [0.15, 0.2) is 23.9 Å². The Bertz CT molecular complexity index is 938. The average molecular weight is 461 g/mol. The molecule has 0 radical (unpaired) electrons. The Hall–Kier alpha value is -1.64. The molecule has 8 heteroatoms. The predicted molar refractivity (Wildman–Crippen MR) is 127 cm³/mol. The number of aromatic nitrogens is 3. The minimum Gasteiger partial charge on any atom is -0.378 e. The maximum Gasteiger partial charge on any atom is 0.233 e. The van der Waals surface area contributed by atoms with Crippen LogP contribution in [0.25, 0.3) is 10.7 Å². The van der Waals surface area contributed by atoms with Gasteiger partial charge in [-0.25, -0.2) is 0 Å². The maximum atomic E-state index is 12.5. The molecule has 1 aliphatic carbocycles. The molecule has 1 unspecified atom stereocenters. The number of morpholine rings is 1. The molecule has 6 nitrogen and oxygen atoms in total. The van der Waals surface area contributed by atoms with Gasteiger partial charge in [-0.15, -0.1) is 28.1 Å². The molecule has 1 amide bonds. The largest absolute Gasteiger partial charge is 0.378 e. The number of ether oxygens (including phenoxy) is 1. The molecule has 168 valence electrons. The third kappa shape index (κ3) is 5.07. The van der Waals surface area contributed by atoms with E-state index in [1.807, 2.05) is 22.3 Å². The number of carbonyl (C=O) groups is 1. The third-order valence-electron chi connectivity index (χ3n) is 6.24. The molecular formula is C23H32N4O2S2. The van der Waals surface area contributed by atoms with Gasteiger partial charge in [0.05, 0.1) is 23.8 Å². The van der Waals surface area contributed by atoms with Gasteiger partial charge in [0, 0.05) is 24.5 Å². The van der Waals surface area contributed by atoms with E-state index in [1.54, 1.807) is 0 Å². The Morgan fingerprint density at radius 2 is 2.13 bits per heavy atom. The lowest BCUT2D eigenvalue weighted by molar-refractivity contribution is -0.132. The maximum absolute atomic E-state index is 12.5. The highest BCUT2D eigenvalue weighted by Crippen LogP contribution is 2.42. The first-order chi connectivity index (χ1) is 14.9. The molecule has 1 aliphatic heterocycles. The fraction of sp³-hybridized carbons (Fsp3) is 0.609. The molecule has 0 N–H and O–H groups in total. The highest BCUT2D eigenvalue weighted by molar-refractivity contribution is 7.99. The summed E-state index contributed by atoms with van der Waals surface area (Å²) in [7, 11) is 0. The first-order valence-electron chi connectivity index (χ1n) is 11.0. The van der Waals surface area contributed by atoms with Crippen LogP contribution in [-0.4, -0.2) is 57.6 Å². The van der Waals surface area contributed by atoms with Crippen LogP contribution in [0.4, 0.5) is 0 Å². The van der Waals surface area contributed by atoms with Crippen molar-refractivity contribution >= 4 is 29.0 Å². The molecular weight excluding hydrogens is 428 g/mol. The van der Waals surface area contributed by atoms with Crippen LogP contribution < -0.4 is 0 Å². The summed E-state index contributed by atoms with van der Waals surface area (Å²) in [6.45, 7) is 14.1. The van der Waals surface area contributed by atoms with Gasteiger partial charge in [-0.05, 0) is 42.2 Å². The molecule has 2 aromatic rings. The average Bonchev–Trinajstić information content (AvgIpc) is 3.35. The number of rotatable bonds is 6. The van der Waals surface area contributed by atoms with Crippen LogP contribution in [0, 0.1) is 11.3 Å². The fourth-order valence-corrected chi connectivity index (χ4v) is 6.33. The molecule has 1 fully saturated rings. The molecule has 1 atom stereocenters. The van der Waals surface area contributed by atoms with Gasteiger partial charge in [0.1, 0.15) is 0 Å². The van der Waals surface area contributed by atoms with E-state index < -0.39 is 0 Å². The lowest BCUT2D eigenvalue weighted by Crippen LogP contribution is -2.41. The monoisotopic (exact) mass is 460 g/mol. The van der Waals surface area contributed by atoms with Crippen molar-refractivity contribution in [2.24, 2.45) is 11.3 Å². The zero-order valence-electron chi connectivity index (χ0n) is 18.7. The number of amides is 1. The first-order valence-corrected chi connectivity index (χ1v) is 12.8. The van der Waals surface area contributed by atoms with Crippen LogP contribution in [0.3, 0.4) is 0 Å². The number of nitrogens with zero attached hydrogens (tertiary/aromatic N) is 4. The van der Waals surface area contributed by atoms with Crippen molar-refractivity contribution in [1.82, 2.24) is 19.7 Å². The molecule has 31 heavy (non-hydrogen) atoms. The van der Waals surface area contributed by atoms with Gasteiger partial charge in [0.25, 0.3) is 0 Å². The van der Waals surface area contributed by atoms with Crippen molar-refractivity contribution in [3.63, 3.8) is 0 Å². The Morgan fingerprint density at radius 3 is 2.84 bits per heavy atom. The number of thioether (sulfide) groups is 1. The number of hydrogen-bond donors (Lipinski definition) is 0. The fourth-order valence-electron chi connectivity index (χ4n) is 4.27. The summed E-state index contributed by atoms with van der Waals surface area (Å²) in [6, 6.07) is 2.31. The van der Waals surface area contributed by atoms with E-state index in [9.17, 15) is 4.79 Å². The molecule has 1 saturated heterocycles. The molecule has 2 aromatic heterocycles. The lowest BCUT2D eigenvalue weighted by Gasteiger charge is -2.33. The molecule has 2 aliphatic rings. The van der Waals surface area contributed by atoms with E-state index in [2.05, 4.69) is 48.2 Å². The Kier molecular flexibility index (Phi) is 6.89. The number of aryl methyl sites for hydroxylation is 1. The Morgan fingerprint density at radius 1 is 1.35 bits per heavy atom. The van der Waals surface area contributed by atoms with Gasteiger partial charge < -0.3 is 9.64 Å². The van der Waals surface area contributed by atoms with Gasteiger partial charge in [-0.3, -0.25) is 9.36 Å². The van der Waals surface area contributed by atoms with E-state index in [0.717, 1.165) is 23.8 Å². The minimum atomic E-state index is 0.128. The molecule has 3 heterocycles. The van der Waals surface area contributed by atoms with Crippen molar-refractivity contribution < 1.29 is 9.53 Å². The van der Waals surface area contributed by atoms with Crippen molar-refractivity contribution in [2.75, 3.05) is 32.1 Å². The smallest absolute Gasteiger partial charge is 0.233 e. The van der Waals surface area contributed by atoms with Gasteiger partial charge in [0.15, 0.2) is 11.0 Å². The van der Waals surface area contributed by atoms with E-state index >= 15 is 0 Å². The van der Waals surface area contributed by atoms with Gasteiger partial charge >= 0.3 is 0 Å². The first kappa shape index (κ1) is 22.6. The van der Waals surface area contributed by atoms with E-state index in [1.165, 1.54) is 33.5 Å². The van der Waals surface area contributed by atoms with Crippen LogP contribution >= 0.6 is 23.1 Å². The van der Waals surface area contributed by atoms with Crippen LogP contribution in [-0.2, 0) is 28.9 Å². The zero-order valence-corrected chi connectivity index (χ0v) is 20.4. The second kappa shape index (κ2) is 9.46. The van der Waals surface area contributed by atoms with Crippen molar-refractivity contribution in [2.45, 2.75) is 51.7 Å². The SMILES string of the molecule is C=CCn1c(SCC(=O)N2CCOCC2)nnc1-c1cc2c(s1)CCC(C(C)(C)C)C2. The van der Waals surface area contributed by atoms with Crippen LogP contribution in [0.1, 0.15) is 37.6 Å². The van der Waals surface area contributed by atoms with E-state index in [0.29, 0.717) is 49.9 Å². The molecule has 4 rings (SSSR count). The van der Waals surface area contributed by atoms with Gasteiger partial charge in [-0.2, -0.15) is 0 Å². The summed E-state index contributed by atoms with van der Waals surface area (Å²) in [5, 5.41) is 9.72. The highest BCUT2D eigenvalue weighted by atomic mass is 32.2. The molecule has 0 spiro atoms.